The number of halogens is 2. The van der Waals surface area contributed by atoms with Crippen molar-refractivity contribution in [2.75, 3.05) is 13.2 Å². The minimum absolute atomic E-state index is 0.184. The van der Waals surface area contributed by atoms with E-state index in [4.69, 9.17) is 27.9 Å². The molecule has 3 aromatic rings. The summed E-state index contributed by atoms with van der Waals surface area (Å²) in [6.45, 7) is 8.59. The summed E-state index contributed by atoms with van der Waals surface area (Å²) >= 11 is 12.4. The summed E-state index contributed by atoms with van der Waals surface area (Å²) in [6.07, 6.45) is 2.19. The van der Waals surface area contributed by atoms with Crippen LogP contribution in [0.2, 0.25) is 10.0 Å². The SMILES string of the molecule is CCCCNC(=O)[C@H](Cc1ccccc1)N(Cc1ccc(Cl)c(Cl)c1)C(=O)COc1cc(C)cc(C)c1C. The average molecular weight is 556 g/mol. The molecule has 3 rings (SSSR count). The molecule has 0 unspecified atom stereocenters. The number of amides is 2. The number of carbonyl (C=O) groups excluding carboxylic acids is 2. The van der Waals surface area contributed by atoms with Crippen LogP contribution >= 0.6 is 23.2 Å². The second-order valence-electron chi connectivity index (χ2n) is 9.61. The van der Waals surface area contributed by atoms with Crippen molar-refractivity contribution in [3.63, 3.8) is 0 Å². The first-order valence-corrected chi connectivity index (χ1v) is 13.7. The van der Waals surface area contributed by atoms with Crippen LogP contribution in [0.3, 0.4) is 0 Å². The monoisotopic (exact) mass is 554 g/mol. The quantitative estimate of drug-likeness (QED) is 0.249. The van der Waals surface area contributed by atoms with Crippen molar-refractivity contribution in [2.24, 2.45) is 0 Å². The Morgan fingerprint density at radius 3 is 2.37 bits per heavy atom. The first-order valence-electron chi connectivity index (χ1n) is 12.9. The summed E-state index contributed by atoms with van der Waals surface area (Å²) in [5, 5.41) is 3.85. The first-order chi connectivity index (χ1) is 18.2. The van der Waals surface area contributed by atoms with Gasteiger partial charge < -0.3 is 15.0 Å². The van der Waals surface area contributed by atoms with Gasteiger partial charge in [0.25, 0.3) is 5.91 Å². The summed E-state index contributed by atoms with van der Waals surface area (Å²) in [5.41, 5.74) is 4.87. The Morgan fingerprint density at radius 1 is 0.947 bits per heavy atom. The maximum Gasteiger partial charge on any atom is 0.261 e. The number of rotatable bonds is 12. The molecule has 0 saturated carbocycles. The highest BCUT2D eigenvalue weighted by molar-refractivity contribution is 6.42. The highest BCUT2D eigenvalue weighted by Gasteiger charge is 2.31. The molecule has 0 fully saturated rings. The van der Waals surface area contributed by atoms with Gasteiger partial charge in [0.2, 0.25) is 5.91 Å². The highest BCUT2D eigenvalue weighted by atomic mass is 35.5. The molecule has 1 N–H and O–H groups in total. The molecule has 3 aromatic carbocycles. The standard InChI is InChI=1S/C31H36Cl2N2O3/c1-5-6-14-34-31(37)28(18-24-10-8-7-9-11-24)35(19-25-12-13-26(32)27(33)17-25)30(36)20-38-29-16-21(2)15-22(3)23(29)4/h7-13,15-17,28H,5-6,14,18-20H2,1-4H3,(H,34,37)/t28-/m0/s1. The Balaban J connectivity index is 1.94. The molecule has 7 heteroatoms. The second kappa shape index (κ2) is 14.2. The van der Waals surface area contributed by atoms with Crippen LogP contribution < -0.4 is 10.1 Å². The summed E-state index contributed by atoms with van der Waals surface area (Å²) in [4.78, 5) is 28.9. The molecular weight excluding hydrogens is 519 g/mol. The molecule has 0 aliphatic rings. The summed E-state index contributed by atoms with van der Waals surface area (Å²) in [5.74, 6) is 0.178. The fourth-order valence-corrected chi connectivity index (χ4v) is 4.59. The van der Waals surface area contributed by atoms with E-state index in [-0.39, 0.29) is 25.0 Å². The predicted octanol–water partition coefficient (Wildman–Crippen LogP) is 6.85. The van der Waals surface area contributed by atoms with E-state index in [1.807, 2.05) is 63.2 Å². The summed E-state index contributed by atoms with van der Waals surface area (Å²) in [7, 11) is 0. The van der Waals surface area contributed by atoms with E-state index < -0.39 is 6.04 Å². The van der Waals surface area contributed by atoms with Gasteiger partial charge in [0.15, 0.2) is 6.61 Å². The zero-order valence-electron chi connectivity index (χ0n) is 22.5. The van der Waals surface area contributed by atoms with Crippen LogP contribution in [0.4, 0.5) is 0 Å². The molecule has 0 spiro atoms. The number of hydrogen-bond acceptors (Lipinski definition) is 3. The fraction of sp³-hybridized carbons (Fsp3) is 0.355. The third-order valence-electron chi connectivity index (χ3n) is 6.55. The molecule has 5 nitrogen and oxygen atoms in total. The van der Waals surface area contributed by atoms with Crippen LogP contribution in [0, 0.1) is 20.8 Å². The predicted molar refractivity (Wildman–Crippen MR) is 155 cm³/mol. The topological polar surface area (TPSA) is 58.6 Å². The number of ether oxygens (including phenoxy) is 1. The van der Waals surface area contributed by atoms with Crippen molar-refractivity contribution in [1.82, 2.24) is 10.2 Å². The van der Waals surface area contributed by atoms with Crippen LogP contribution in [0.1, 0.15) is 47.6 Å². The minimum atomic E-state index is -0.736. The maximum atomic E-state index is 13.8. The molecule has 0 bridgehead atoms. The van der Waals surface area contributed by atoms with Crippen molar-refractivity contribution in [1.29, 1.82) is 0 Å². The van der Waals surface area contributed by atoms with Crippen molar-refractivity contribution in [3.8, 4) is 5.75 Å². The summed E-state index contributed by atoms with van der Waals surface area (Å²) in [6, 6.07) is 18.2. The van der Waals surface area contributed by atoms with E-state index in [0.717, 1.165) is 40.7 Å². The number of benzene rings is 3. The normalized spacial score (nSPS) is 11.6. The second-order valence-corrected chi connectivity index (χ2v) is 10.4. The van der Waals surface area contributed by atoms with Gasteiger partial charge in [-0.25, -0.2) is 0 Å². The van der Waals surface area contributed by atoms with Crippen molar-refractivity contribution >= 4 is 35.0 Å². The molecule has 38 heavy (non-hydrogen) atoms. The van der Waals surface area contributed by atoms with Crippen LogP contribution in [-0.4, -0.2) is 35.9 Å². The van der Waals surface area contributed by atoms with Crippen LogP contribution in [0.15, 0.2) is 60.7 Å². The Bertz CT molecular complexity index is 1250. The number of nitrogens with zero attached hydrogens (tertiary/aromatic N) is 1. The largest absolute Gasteiger partial charge is 0.483 e. The van der Waals surface area contributed by atoms with E-state index in [0.29, 0.717) is 28.8 Å². The number of aryl methyl sites for hydroxylation is 2. The lowest BCUT2D eigenvalue weighted by Gasteiger charge is -2.31. The Hall–Kier alpha value is -3.02. The number of hydrogen-bond donors (Lipinski definition) is 1. The van der Waals surface area contributed by atoms with E-state index in [1.54, 1.807) is 17.0 Å². The van der Waals surface area contributed by atoms with E-state index in [9.17, 15) is 9.59 Å². The number of carbonyl (C=O) groups is 2. The fourth-order valence-electron chi connectivity index (χ4n) is 4.27. The van der Waals surface area contributed by atoms with E-state index in [2.05, 4.69) is 18.3 Å². The third-order valence-corrected chi connectivity index (χ3v) is 7.29. The molecule has 1 atom stereocenters. The molecule has 0 radical (unpaired) electrons. The molecule has 0 aliphatic heterocycles. The lowest BCUT2D eigenvalue weighted by molar-refractivity contribution is -0.142. The van der Waals surface area contributed by atoms with Gasteiger partial charge in [0.05, 0.1) is 10.0 Å². The smallest absolute Gasteiger partial charge is 0.261 e. The van der Waals surface area contributed by atoms with Gasteiger partial charge in [-0.2, -0.15) is 0 Å². The van der Waals surface area contributed by atoms with Gasteiger partial charge in [-0.05, 0) is 73.2 Å². The van der Waals surface area contributed by atoms with Gasteiger partial charge >= 0.3 is 0 Å². The summed E-state index contributed by atoms with van der Waals surface area (Å²) < 4.78 is 6.03. The first kappa shape index (κ1) is 29.5. The van der Waals surface area contributed by atoms with Crippen LogP contribution in [0.5, 0.6) is 5.75 Å². The van der Waals surface area contributed by atoms with Gasteiger partial charge in [-0.15, -0.1) is 0 Å². The molecular formula is C31H36Cl2N2O3. The van der Waals surface area contributed by atoms with Crippen molar-refractivity contribution in [2.45, 2.75) is 59.5 Å². The zero-order chi connectivity index (χ0) is 27.7. The lowest BCUT2D eigenvalue weighted by Crippen LogP contribution is -2.51. The minimum Gasteiger partial charge on any atom is -0.483 e. The molecule has 0 aliphatic carbocycles. The Morgan fingerprint density at radius 2 is 1.68 bits per heavy atom. The van der Waals surface area contributed by atoms with Crippen molar-refractivity contribution in [3.05, 3.63) is 98.5 Å². The van der Waals surface area contributed by atoms with Gasteiger partial charge in [-0.1, -0.05) is 79.0 Å². The zero-order valence-corrected chi connectivity index (χ0v) is 24.0. The molecule has 0 heterocycles. The van der Waals surface area contributed by atoms with E-state index in [1.165, 1.54) is 0 Å². The van der Waals surface area contributed by atoms with Gasteiger partial charge in [0, 0.05) is 19.5 Å². The molecule has 0 aromatic heterocycles. The molecule has 202 valence electrons. The molecule has 0 saturated heterocycles. The maximum absolute atomic E-state index is 13.8. The Labute approximate surface area is 236 Å². The third kappa shape index (κ3) is 8.24. The highest BCUT2D eigenvalue weighted by Crippen LogP contribution is 2.26. The Kier molecular flexibility index (Phi) is 11.1. The van der Waals surface area contributed by atoms with Crippen molar-refractivity contribution < 1.29 is 14.3 Å². The average Bonchev–Trinajstić information content (AvgIpc) is 2.89. The molecule has 2 amide bonds. The van der Waals surface area contributed by atoms with Gasteiger partial charge in [0.1, 0.15) is 11.8 Å². The lowest BCUT2D eigenvalue weighted by atomic mass is 10.0. The number of unbranched alkanes of at least 4 members (excludes halogenated alkanes) is 1. The van der Waals surface area contributed by atoms with Crippen LogP contribution in [-0.2, 0) is 22.6 Å². The van der Waals surface area contributed by atoms with Gasteiger partial charge in [-0.3, -0.25) is 9.59 Å². The van der Waals surface area contributed by atoms with Crippen LogP contribution in [0.25, 0.3) is 0 Å². The van der Waals surface area contributed by atoms with E-state index >= 15 is 0 Å². The number of nitrogens with one attached hydrogen (secondary N) is 1.